The molecule has 0 radical (unpaired) electrons. The van der Waals surface area contributed by atoms with Gasteiger partial charge in [0.15, 0.2) is 5.11 Å². The number of alkyl halides is 3. The van der Waals surface area contributed by atoms with Crippen LogP contribution in [0.1, 0.15) is 16.7 Å². The maximum absolute atomic E-state index is 12.5. The first-order valence-corrected chi connectivity index (χ1v) is 12.0. The SMILES string of the molecule is Cc1cccc(C)c1NC(=S)N/N=C/c1ccc2c(ccc3c2cnn3-c2ccc(OC(F)(F)F)cc2)c1. The average Bonchev–Trinajstić information content (AvgIpc) is 3.30. The minimum atomic E-state index is -4.73. The van der Waals surface area contributed by atoms with Crippen LogP contribution in [0.15, 0.2) is 84.1 Å². The van der Waals surface area contributed by atoms with Crippen molar-refractivity contribution >= 4 is 50.9 Å². The minimum absolute atomic E-state index is 0.284. The third-order valence-electron chi connectivity index (χ3n) is 6.01. The molecule has 0 atom stereocenters. The second-order valence-corrected chi connectivity index (χ2v) is 9.08. The number of halogens is 3. The Morgan fingerprint density at radius 1 is 0.974 bits per heavy atom. The summed E-state index contributed by atoms with van der Waals surface area (Å²) in [7, 11) is 0. The lowest BCUT2D eigenvalue weighted by atomic mass is 10.0. The molecule has 5 aromatic rings. The summed E-state index contributed by atoms with van der Waals surface area (Å²) in [5.41, 5.74) is 8.33. The zero-order valence-electron chi connectivity index (χ0n) is 20.4. The van der Waals surface area contributed by atoms with Crippen molar-refractivity contribution in [2.75, 3.05) is 5.32 Å². The fourth-order valence-corrected chi connectivity index (χ4v) is 4.41. The fourth-order valence-electron chi connectivity index (χ4n) is 4.25. The van der Waals surface area contributed by atoms with E-state index in [9.17, 15) is 13.2 Å². The van der Waals surface area contributed by atoms with Crippen molar-refractivity contribution in [3.8, 4) is 11.4 Å². The Bertz CT molecular complexity index is 1660. The largest absolute Gasteiger partial charge is 0.573 e. The number of hydrogen-bond donors (Lipinski definition) is 2. The molecular weight excluding hydrogens is 511 g/mol. The molecule has 192 valence electrons. The number of rotatable bonds is 5. The summed E-state index contributed by atoms with van der Waals surface area (Å²) >= 11 is 5.37. The molecule has 10 heteroatoms. The van der Waals surface area contributed by atoms with Gasteiger partial charge in [-0.1, -0.05) is 36.4 Å². The van der Waals surface area contributed by atoms with Gasteiger partial charge in [-0.25, -0.2) is 4.68 Å². The van der Waals surface area contributed by atoms with Crippen LogP contribution in [-0.2, 0) is 0 Å². The van der Waals surface area contributed by atoms with Gasteiger partial charge in [-0.3, -0.25) is 5.43 Å². The zero-order chi connectivity index (χ0) is 26.9. The van der Waals surface area contributed by atoms with E-state index in [0.717, 1.165) is 44.1 Å². The minimum Gasteiger partial charge on any atom is -0.406 e. The first-order chi connectivity index (χ1) is 18.2. The smallest absolute Gasteiger partial charge is 0.406 e. The van der Waals surface area contributed by atoms with E-state index < -0.39 is 6.36 Å². The molecule has 0 spiro atoms. The van der Waals surface area contributed by atoms with Crippen LogP contribution >= 0.6 is 12.2 Å². The van der Waals surface area contributed by atoms with Gasteiger partial charge in [0.2, 0.25) is 0 Å². The van der Waals surface area contributed by atoms with E-state index in [1.165, 1.54) is 24.3 Å². The summed E-state index contributed by atoms with van der Waals surface area (Å²) in [6.07, 6.45) is -1.30. The maximum Gasteiger partial charge on any atom is 0.573 e. The Hall–Kier alpha value is -4.44. The van der Waals surface area contributed by atoms with Gasteiger partial charge in [0.05, 0.1) is 23.6 Å². The predicted molar refractivity (Wildman–Crippen MR) is 148 cm³/mol. The molecular formula is C28H22F3N5OS. The van der Waals surface area contributed by atoms with E-state index >= 15 is 0 Å². The van der Waals surface area contributed by atoms with Gasteiger partial charge in [0.25, 0.3) is 0 Å². The van der Waals surface area contributed by atoms with Gasteiger partial charge in [-0.15, -0.1) is 13.2 Å². The van der Waals surface area contributed by atoms with Gasteiger partial charge < -0.3 is 10.1 Å². The fraction of sp³-hybridized carbons (Fsp3) is 0.107. The van der Waals surface area contributed by atoms with E-state index in [1.54, 1.807) is 17.1 Å². The summed E-state index contributed by atoms with van der Waals surface area (Å²) < 4.78 is 43.0. The van der Waals surface area contributed by atoms with E-state index in [1.807, 2.05) is 62.4 Å². The van der Waals surface area contributed by atoms with Gasteiger partial charge in [0.1, 0.15) is 5.75 Å². The lowest BCUT2D eigenvalue weighted by molar-refractivity contribution is -0.274. The van der Waals surface area contributed by atoms with Crippen LogP contribution in [0.2, 0.25) is 0 Å². The highest BCUT2D eigenvalue weighted by atomic mass is 32.1. The van der Waals surface area contributed by atoms with E-state index in [0.29, 0.717) is 10.8 Å². The number of nitrogens with zero attached hydrogens (tertiary/aromatic N) is 3. The number of aryl methyl sites for hydroxylation is 2. The second kappa shape index (κ2) is 10.1. The number of benzene rings is 4. The quantitative estimate of drug-likeness (QED) is 0.145. The van der Waals surface area contributed by atoms with Crippen LogP contribution in [0, 0.1) is 13.8 Å². The molecule has 0 saturated heterocycles. The summed E-state index contributed by atoms with van der Waals surface area (Å²) in [5, 5.41) is 15.2. The van der Waals surface area contributed by atoms with E-state index in [-0.39, 0.29) is 5.75 Å². The number of para-hydroxylation sites is 1. The third kappa shape index (κ3) is 5.45. The van der Waals surface area contributed by atoms with Crippen molar-refractivity contribution in [2.24, 2.45) is 5.10 Å². The summed E-state index contributed by atoms with van der Waals surface area (Å²) in [6.45, 7) is 4.03. The molecule has 38 heavy (non-hydrogen) atoms. The highest BCUT2D eigenvalue weighted by molar-refractivity contribution is 7.80. The molecule has 1 aromatic heterocycles. The topological polar surface area (TPSA) is 63.5 Å². The predicted octanol–water partition coefficient (Wildman–Crippen LogP) is 7.01. The van der Waals surface area contributed by atoms with Crippen molar-refractivity contribution in [3.63, 3.8) is 0 Å². The monoisotopic (exact) mass is 533 g/mol. The highest BCUT2D eigenvalue weighted by Crippen LogP contribution is 2.29. The van der Waals surface area contributed by atoms with Crippen LogP contribution in [0.5, 0.6) is 5.75 Å². The Morgan fingerprint density at radius 2 is 1.71 bits per heavy atom. The van der Waals surface area contributed by atoms with Crippen LogP contribution in [0.4, 0.5) is 18.9 Å². The molecule has 0 fully saturated rings. The van der Waals surface area contributed by atoms with Crippen molar-refractivity contribution in [3.05, 3.63) is 95.7 Å². The number of ether oxygens (including phenoxy) is 1. The molecule has 4 aromatic carbocycles. The molecule has 0 unspecified atom stereocenters. The third-order valence-corrected chi connectivity index (χ3v) is 6.20. The van der Waals surface area contributed by atoms with Gasteiger partial charge >= 0.3 is 6.36 Å². The van der Waals surface area contributed by atoms with Gasteiger partial charge in [-0.2, -0.15) is 10.2 Å². The van der Waals surface area contributed by atoms with Crippen LogP contribution in [0.3, 0.4) is 0 Å². The van der Waals surface area contributed by atoms with Crippen molar-refractivity contribution in [2.45, 2.75) is 20.2 Å². The van der Waals surface area contributed by atoms with Crippen molar-refractivity contribution in [1.82, 2.24) is 15.2 Å². The molecule has 0 amide bonds. The second-order valence-electron chi connectivity index (χ2n) is 8.67. The Kier molecular flexibility index (Phi) is 6.73. The molecule has 0 aliphatic carbocycles. The maximum atomic E-state index is 12.5. The van der Waals surface area contributed by atoms with E-state index in [2.05, 4.69) is 25.7 Å². The van der Waals surface area contributed by atoms with Crippen molar-refractivity contribution in [1.29, 1.82) is 0 Å². The molecule has 5 rings (SSSR count). The van der Waals surface area contributed by atoms with Gasteiger partial charge in [-0.05, 0) is 89.9 Å². The molecule has 0 aliphatic rings. The molecule has 6 nitrogen and oxygen atoms in total. The van der Waals surface area contributed by atoms with E-state index in [4.69, 9.17) is 12.2 Å². The van der Waals surface area contributed by atoms with Crippen LogP contribution < -0.4 is 15.5 Å². The lowest BCUT2D eigenvalue weighted by Gasteiger charge is -2.12. The Labute approximate surface area is 221 Å². The highest BCUT2D eigenvalue weighted by Gasteiger charge is 2.31. The summed E-state index contributed by atoms with van der Waals surface area (Å²) in [4.78, 5) is 0. The van der Waals surface area contributed by atoms with Gasteiger partial charge in [0, 0.05) is 11.1 Å². The molecule has 0 saturated carbocycles. The standard InChI is InChI=1S/C28H22F3N5OS/c1-17-4-3-5-18(2)26(17)34-27(38)35-32-15-19-6-12-23-20(14-19)7-13-25-24(23)16-33-36(25)21-8-10-22(11-9-21)37-28(29,30)31/h3-16H,1-2H3,(H2,34,35,38)/b32-15+. The Balaban J connectivity index is 1.32. The first kappa shape index (κ1) is 25.2. The summed E-state index contributed by atoms with van der Waals surface area (Å²) in [5.74, 6) is -0.284. The molecule has 1 heterocycles. The number of aromatic nitrogens is 2. The number of hydrogen-bond acceptors (Lipinski definition) is 4. The Morgan fingerprint density at radius 3 is 2.42 bits per heavy atom. The normalized spacial score (nSPS) is 11.8. The zero-order valence-corrected chi connectivity index (χ0v) is 21.2. The van der Waals surface area contributed by atoms with Crippen LogP contribution in [0.25, 0.3) is 27.4 Å². The molecule has 0 aliphatic heterocycles. The van der Waals surface area contributed by atoms with Crippen LogP contribution in [-0.4, -0.2) is 27.5 Å². The number of thiocarbonyl (C=S) groups is 1. The number of anilines is 1. The van der Waals surface area contributed by atoms with Crippen molar-refractivity contribution < 1.29 is 17.9 Å². The molecule has 0 bridgehead atoms. The first-order valence-electron chi connectivity index (χ1n) is 11.6. The summed E-state index contributed by atoms with van der Waals surface area (Å²) in [6, 6.07) is 21.4. The number of hydrazone groups is 1. The number of nitrogens with one attached hydrogen (secondary N) is 2. The molecule has 2 N–H and O–H groups in total. The number of fused-ring (bicyclic) bond motifs is 3. The average molecular weight is 534 g/mol. The lowest BCUT2D eigenvalue weighted by Crippen LogP contribution is -2.24.